The minimum Gasteiger partial charge on any atom is -0.203 e. The van der Waals surface area contributed by atoms with Crippen molar-refractivity contribution in [2.24, 2.45) is 0 Å². The van der Waals surface area contributed by atoms with Gasteiger partial charge in [-0.15, -0.1) is 0 Å². The van der Waals surface area contributed by atoms with E-state index >= 15 is 0 Å². The Morgan fingerprint density at radius 1 is 0.583 bits per heavy atom. The minimum atomic E-state index is -0.906. The number of hydrogen-bond acceptors (Lipinski definition) is 0. The van der Waals surface area contributed by atoms with Crippen molar-refractivity contribution in [3.63, 3.8) is 0 Å². The van der Waals surface area contributed by atoms with E-state index < -0.39 is 23.3 Å². The zero-order valence-corrected chi connectivity index (χ0v) is 20.4. The molecule has 0 unspecified atom stereocenters. The molecule has 0 radical (unpaired) electrons. The van der Waals surface area contributed by atoms with Crippen molar-refractivity contribution in [3.05, 3.63) is 118 Å². The molecule has 36 heavy (non-hydrogen) atoms. The standard InChI is InChI=1S/C32H28F4/c1-3-5-6-25-17-18-26(30(34)29(25)33)16-11-22-9-14-24(15-10-22)28-20-19-27(31(35)32(28)36)23-12-7-21(4-2)8-13-23/h7-20H,3-6H2,1-2H3. The first-order valence-corrected chi connectivity index (χ1v) is 12.3. The predicted octanol–water partition coefficient (Wildman–Crippen LogP) is 9.65. The van der Waals surface area contributed by atoms with Crippen LogP contribution < -0.4 is 0 Å². The van der Waals surface area contributed by atoms with Crippen molar-refractivity contribution in [2.75, 3.05) is 0 Å². The van der Waals surface area contributed by atoms with Crippen LogP contribution in [-0.4, -0.2) is 0 Å². The molecule has 0 nitrogen and oxygen atoms in total. The van der Waals surface area contributed by atoms with Crippen LogP contribution in [0, 0.1) is 23.3 Å². The van der Waals surface area contributed by atoms with E-state index in [1.807, 2.05) is 26.0 Å². The third-order valence-electron chi connectivity index (χ3n) is 6.42. The highest BCUT2D eigenvalue weighted by atomic mass is 19.2. The Morgan fingerprint density at radius 2 is 1.17 bits per heavy atom. The Bertz CT molecular complexity index is 1370. The summed E-state index contributed by atoms with van der Waals surface area (Å²) in [5, 5.41) is 0. The van der Waals surface area contributed by atoms with E-state index in [9.17, 15) is 17.6 Å². The number of aryl methyl sites for hydroxylation is 2. The molecule has 0 N–H and O–H groups in total. The van der Waals surface area contributed by atoms with Gasteiger partial charge in [-0.2, -0.15) is 0 Å². The summed E-state index contributed by atoms with van der Waals surface area (Å²) in [6.45, 7) is 4.04. The van der Waals surface area contributed by atoms with Crippen LogP contribution in [0.15, 0.2) is 72.8 Å². The summed E-state index contributed by atoms with van der Waals surface area (Å²) >= 11 is 0. The Hall–Kier alpha value is -3.66. The molecule has 4 aromatic rings. The van der Waals surface area contributed by atoms with E-state index in [4.69, 9.17) is 0 Å². The predicted molar refractivity (Wildman–Crippen MR) is 141 cm³/mol. The molecule has 184 valence electrons. The summed E-state index contributed by atoms with van der Waals surface area (Å²) in [4.78, 5) is 0. The molecule has 0 heterocycles. The quantitative estimate of drug-likeness (QED) is 0.171. The number of halogens is 4. The fourth-order valence-electron chi connectivity index (χ4n) is 4.17. The second-order valence-corrected chi connectivity index (χ2v) is 8.84. The average Bonchev–Trinajstić information content (AvgIpc) is 2.91. The molecule has 0 saturated carbocycles. The van der Waals surface area contributed by atoms with Crippen molar-refractivity contribution < 1.29 is 17.6 Å². The Balaban J connectivity index is 1.54. The summed E-state index contributed by atoms with van der Waals surface area (Å²) in [5.74, 6) is -3.46. The molecule has 0 bridgehead atoms. The molecule has 0 amide bonds. The lowest BCUT2D eigenvalue weighted by Gasteiger charge is -2.10. The Labute approximate surface area is 209 Å². The maximum atomic E-state index is 15.0. The van der Waals surface area contributed by atoms with Gasteiger partial charge in [0.25, 0.3) is 0 Å². The van der Waals surface area contributed by atoms with Gasteiger partial charge in [0.15, 0.2) is 23.3 Å². The monoisotopic (exact) mass is 488 g/mol. The number of benzene rings is 4. The van der Waals surface area contributed by atoms with Crippen molar-refractivity contribution >= 4 is 12.2 Å². The Morgan fingerprint density at radius 3 is 1.72 bits per heavy atom. The zero-order chi connectivity index (χ0) is 25.7. The van der Waals surface area contributed by atoms with E-state index in [-0.39, 0.29) is 16.7 Å². The second-order valence-electron chi connectivity index (χ2n) is 8.84. The highest BCUT2D eigenvalue weighted by Gasteiger charge is 2.16. The summed E-state index contributed by atoms with van der Waals surface area (Å²) in [5.41, 5.74) is 3.92. The summed E-state index contributed by atoms with van der Waals surface area (Å²) in [7, 11) is 0. The summed E-state index contributed by atoms with van der Waals surface area (Å²) < 4.78 is 58.7. The summed E-state index contributed by atoms with van der Waals surface area (Å²) in [6.07, 6.45) is 6.26. The molecule has 0 aliphatic rings. The van der Waals surface area contributed by atoms with Crippen molar-refractivity contribution in [2.45, 2.75) is 39.5 Å². The molecule has 0 saturated heterocycles. The third-order valence-corrected chi connectivity index (χ3v) is 6.42. The van der Waals surface area contributed by atoms with E-state index in [1.54, 1.807) is 66.7 Å². The van der Waals surface area contributed by atoms with Gasteiger partial charge in [0.05, 0.1) is 0 Å². The molecule has 0 aliphatic heterocycles. The van der Waals surface area contributed by atoms with Gasteiger partial charge < -0.3 is 0 Å². The van der Waals surface area contributed by atoms with Gasteiger partial charge in [-0.3, -0.25) is 0 Å². The molecule has 0 atom stereocenters. The normalized spacial score (nSPS) is 11.4. The van der Waals surface area contributed by atoms with Crippen LogP contribution in [0.25, 0.3) is 34.4 Å². The van der Waals surface area contributed by atoms with Crippen LogP contribution in [0.2, 0.25) is 0 Å². The first-order valence-electron chi connectivity index (χ1n) is 12.3. The average molecular weight is 489 g/mol. The molecule has 4 rings (SSSR count). The van der Waals surface area contributed by atoms with E-state index in [0.717, 1.165) is 30.4 Å². The van der Waals surface area contributed by atoms with Crippen LogP contribution in [0.1, 0.15) is 48.9 Å². The van der Waals surface area contributed by atoms with Crippen molar-refractivity contribution in [1.82, 2.24) is 0 Å². The zero-order valence-electron chi connectivity index (χ0n) is 20.4. The number of rotatable bonds is 8. The van der Waals surface area contributed by atoms with E-state index in [2.05, 4.69) is 0 Å². The fraction of sp³-hybridized carbons (Fsp3) is 0.188. The largest absolute Gasteiger partial charge is 0.203 e. The molecular formula is C32H28F4. The van der Waals surface area contributed by atoms with Gasteiger partial charge in [0.2, 0.25) is 0 Å². The van der Waals surface area contributed by atoms with E-state index in [1.165, 1.54) is 6.08 Å². The van der Waals surface area contributed by atoms with Crippen LogP contribution in [0.4, 0.5) is 17.6 Å². The van der Waals surface area contributed by atoms with Gasteiger partial charge in [0, 0.05) is 16.7 Å². The van der Waals surface area contributed by atoms with E-state index in [0.29, 0.717) is 23.1 Å². The lowest BCUT2D eigenvalue weighted by molar-refractivity contribution is 0.495. The fourth-order valence-corrected chi connectivity index (χ4v) is 4.17. The Kier molecular flexibility index (Phi) is 8.04. The van der Waals surface area contributed by atoms with Crippen LogP contribution in [0.5, 0.6) is 0 Å². The first-order chi connectivity index (χ1) is 17.4. The highest BCUT2D eigenvalue weighted by molar-refractivity contribution is 5.75. The molecule has 0 fully saturated rings. The second kappa shape index (κ2) is 11.4. The van der Waals surface area contributed by atoms with Crippen LogP contribution >= 0.6 is 0 Å². The summed E-state index contributed by atoms with van der Waals surface area (Å²) in [6, 6.07) is 20.6. The number of hydrogen-bond donors (Lipinski definition) is 0. The SMILES string of the molecule is CCCCc1ccc(C=Cc2ccc(-c3ccc(-c4ccc(CC)cc4)c(F)c3F)cc2)c(F)c1F. The van der Waals surface area contributed by atoms with Gasteiger partial charge in [-0.25, -0.2) is 17.6 Å². The minimum absolute atomic E-state index is 0.160. The van der Waals surface area contributed by atoms with Gasteiger partial charge >= 0.3 is 0 Å². The maximum absolute atomic E-state index is 15.0. The molecule has 4 aromatic carbocycles. The van der Waals surface area contributed by atoms with Crippen molar-refractivity contribution in [3.8, 4) is 22.3 Å². The highest BCUT2D eigenvalue weighted by Crippen LogP contribution is 2.32. The molecule has 0 aliphatic carbocycles. The van der Waals surface area contributed by atoms with Gasteiger partial charge in [-0.05, 0) is 47.1 Å². The topological polar surface area (TPSA) is 0 Å². The van der Waals surface area contributed by atoms with Gasteiger partial charge in [0.1, 0.15) is 0 Å². The third kappa shape index (κ3) is 5.43. The molecule has 0 aromatic heterocycles. The lowest BCUT2D eigenvalue weighted by atomic mass is 9.97. The van der Waals surface area contributed by atoms with Crippen molar-refractivity contribution in [1.29, 1.82) is 0 Å². The van der Waals surface area contributed by atoms with Crippen LogP contribution in [-0.2, 0) is 12.8 Å². The smallest absolute Gasteiger partial charge is 0.167 e. The first kappa shape index (κ1) is 25.4. The number of unbranched alkanes of at least 4 members (excludes halogenated alkanes) is 1. The molecule has 0 spiro atoms. The maximum Gasteiger partial charge on any atom is 0.167 e. The van der Waals surface area contributed by atoms with Crippen LogP contribution in [0.3, 0.4) is 0 Å². The molecule has 4 heteroatoms. The lowest BCUT2D eigenvalue weighted by Crippen LogP contribution is -1.97. The van der Waals surface area contributed by atoms with Gasteiger partial charge in [-0.1, -0.05) is 105 Å². The molecular weight excluding hydrogens is 460 g/mol.